The molecule has 1 amide bonds. The fourth-order valence-electron chi connectivity index (χ4n) is 2.73. The number of rotatable bonds is 1. The van der Waals surface area contributed by atoms with Crippen LogP contribution < -0.4 is 0 Å². The van der Waals surface area contributed by atoms with Gasteiger partial charge in [-0.15, -0.1) is 0 Å². The van der Waals surface area contributed by atoms with E-state index in [1.54, 1.807) is 11.9 Å². The van der Waals surface area contributed by atoms with E-state index in [1.165, 1.54) is 0 Å². The van der Waals surface area contributed by atoms with Crippen molar-refractivity contribution in [2.24, 2.45) is 0 Å². The summed E-state index contributed by atoms with van der Waals surface area (Å²) in [5, 5.41) is 0. The highest BCUT2D eigenvalue weighted by Crippen LogP contribution is 2.39. The van der Waals surface area contributed by atoms with Crippen LogP contribution in [-0.4, -0.2) is 54.6 Å². The van der Waals surface area contributed by atoms with Crippen LogP contribution in [0.1, 0.15) is 40.5 Å². The van der Waals surface area contributed by atoms with E-state index in [2.05, 4.69) is 0 Å². The molecule has 1 spiro atoms. The van der Waals surface area contributed by atoms with Crippen molar-refractivity contribution in [1.29, 1.82) is 0 Å². The van der Waals surface area contributed by atoms with E-state index < -0.39 is 5.60 Å². The number of likely N-dealkylation sites (N-methyl/N-ethyl adjacent to an activating group) is 1. The van der Waals surface area contributed by atoms with Gasteiger partial charge in [0.05, 0.1) is 24.4 Å². The lowest BCUT2D eigenvalue weighted by molar-refractivity contribution is -0.0474. The molecular formula is C14H25NO4. The zero-order valence-electron chi connectivity index (χ0n) is 12.6. The van der Waals surface area contributed by atoms with Crippen molar-refractivity contribution >= 4 is 6.09 Å². The summed E-state index contributed by atoms with van der Waals surface area (Å²) in [5.74, 6) is 0. The molecule has 0 aliphatic carbocycles. The fraction of sp³-hybridized carbons (Fsp3) is 0.929. The van der Waals surface area contributed by atoms with Crippen LogP contribution >= 0.6 is 0 Å². The molecule has 19 heavy (non-hydrogen) atoms. The summed E-state index contributed by atoms with van der Waals surface area (Å²) in [7, 11) is 1.78. The predicted octanol–water partition coefficient (Wildman–Crippen LogP) is 2.19. The van der Waals surface area contributed by atoms with Crippen molar-refractivity contribution in [2.45, 2.75) is 63.9 Å². The lowest BCUT2D eigenvalue weighted by Gasteiger charge is -2.29. The SMILES string of the molecule is C[C@@H]1OCC[C@@]12C[C@H](N(C)C(=O)OC(C)(C)C)CO2. The number of hydrogen-bond donors (Lipinski definition) is 0. The molecule has 0 unspecified atom stereocenters. The van der Waals surface area contributed by atoms with Gasteiger partial charge in [0.25, 0.3) is 0 Å². The van der Waals surface area contributed by atoms with Crippen molar-refractivity contribution in [3.8, 4) is 0 Å². The van der Waals surface area contributed by atoms with Gasteiger partial charge in [-0.05, 0) is 27.7 Å². The first-order chi connectivity index (χ1) is 8.73. The normalized spacial score (nSPS) is 34.8. The first-order valence-corrected chi connectivity index (χ1v) is 6.95. The summed E-state index contributed by atoms with van der Waals surface area (Å²) in [4.78, 5) is 13.7. The maximum Gasteiger partial charge on any atom is 0.410 e. The molecule has 2 fully saturated rings. The minimum atomic E-state index is -0.466. The highest BCUT2D eigenvalue weighted by molar-refractivity contribution is 5.68. The molecule has 5 heteroatoms. The minimum Gasteiger partial charge on any atom is -0.444 e. The van der Waals surface area contributed by atoms with Crippen LogP contribution in [0.5, 0.6) is 0 Å². The van der Waals surface area contributed by atoms with Crippen molar-refractivity contribution in [3.63, 3.8) is 0 Å². The fourth-order valence-corrected chi connectivity index (χ4v) is 2.73. The highest BCUT2D eigenvalue weighted by Gasteiger charge is 2.50. The van der Waals surface area contributed by atoms with Crippen molar-refractivity contribution in [1.82, 2.24) is 4.90 Å². The molecule has 0 aromatic carbocycles. The molecule has 2 saturated heterocycles. The highest BCUT2D eigenvalue weighted by atomic mass is 16.6. The Hall–Kier alpha value is -0.810. The molecule has 5 nitrogen and oxygen atoms in total. The molecule has 110 valence electrons. The Labute approximate surface area is 115 Å². The predicted molar refractivity (Wildman–Crippen MR) is 71.1 cm³/mol. The largest absolute Gasteiger partial charge is 0.444 e. The summed E-state index contributed by atoms with van der Waals surface area (Å²) in [6.45, 7) is 8.96. The zero-order chi connectivity index (χ0) is 14.3. The summed E-state index contributed by atoms with van der Waals surface area (Å²) < 4.78 is 16.9. The van der Waals surface area contributed by atoms with Crippen molar-refractivity contribution in [2.75, 3.05) is 20.3 Å². The number of carbonyl (C=O) groups is 1. The second-order valence-corrected chi connectivity index (χ2v) is 6.59. The van der Waals surface area contributed by atoms with Gasteiger partial charge < -0.3 is 19.1 Å². The zero-order valence-corrected chi connectivity index (χ0v) is 12.6. The second-order valence-electron chi connectivity index (χ2n) is 6.59. The molecule has 0 N–H and O–H groups in total. The molecule has 0 aromatic rings. The van der Waals surface area contributed by atoms with Crippen LogP contribution in [0, 0.1) is 0 Å². The maximum absolute atomic E-state index is 12.0. The maximum atomic E-state index is 12.0. The average Bonchev–Trinajstić information content (AvgIpc) is 2.85. The first kappa shape index (κ1) is 14.6. The van der Waals surface area contributed by atoms with E-state index in [0.29, 0.717) is 6.61 Å². The Morgan fingerprint density at radius 3 is 2.63 bits per heavy atom. The van der Waals surface area contributed by atoms with Gasteiger partial charge in [0.15, 0.2) is 0 Å². The standard InChI is InChI=1S/C14H25NO4/c1-10-14(6-7-17-10)8-11(9-18-14)15(5)12(16)19-13(2,3)4/h10-11H,6-9H2,1-5H3/t10-,11-,14+/m0/s1. The van der Waals surface area contributed by atoms with E-state index in [4.69, 9.17) is 14.2 Å². The van der Waals surface area contributed by atoms with Gasteiger partial charge >= 0.3 is 6.09 Å². The van der Waals surface area contributed by atoms with Crippen LogP contribution in [0.25, 0.3) is 0 Å². The van der Waals surface area contributed by atoms with Crippen LogP contribution in [0.15, 0.2) is 0 Å². The number of carbonyl (C=O) groups excluding carboxylic acids is 1. The molecule has 0 radical (unpaired) electrons. The molecule has 2 aliphatic heterocycles. The summed E-state index contributed by atoms with van der Waals surface area (Å²) in [6, 6.07) is 0.0685. The second kappa shape index (κ2) is 4.94. The van der Waals surface area contributed by atoms with Gasteiger partial charge in [0, 0.05) is 26.5 Å². The third-order valence-corrected chi connectivity index (χ3v) is 4.01. The summed E-state index contributed by atoms with van der Waals surface area (Å²) in [6.07, 6.45) is 1.55. The monoisotopic (exact) mass is 271 g/mol. The topological polar surface area (TPSA) is 48.0 Å². The van der Waals surface area contributed by atoms with Gasteiger partial charge in [0.1, 0.15) is 5.60 Å². The van der Waals surface area contributed by atoms with Gasteiger partial charge in [-0.3, -0.25) is 0 Å². The molecule has 0 bridgehead atoms. The number of hydrogen-bond acceptors (Lipinski definition) is 4. The van der Waals surface area contributed by atoms with Crippen molar-refractivity contribution in [3.05, 3.63) is 0 Å². The van der Waals surface area contributed by atoms with Crippen LogP contribution in [0.3, 0.4) is 0 Å². The molecular weight excluding hydrogens is 246 g/mol. The Bertz CT molecular complexity index is 352. The van der Waals surface area contributed by atoms with Crippen LogP contribution in [-0.2, 0) is 14.2 Å². The molecule has 2 rings (SSSR count). The molecule has 2 aliphatic rings. The Balaban J connectivity index is 1.95. The third kappa shape index (κ3) is 3.03. The smallest absolute Gasteiger partial charge is 0.410 e. The van der Waals surface area contributed by atoms with E-state index in [9.17, 15) is 4.79 Å². The quantitative estimate of drug-likeness (QED) is 0.733. The van der Waals surface area contributed by atoms with Gasteiger partial charge in [-0.1, -0.05) is 0 Å². The molecule has 3 atom stereocenters. The van der Waals surface area contributed by atoms with E-state index in [0.717, 1.165) is 19.4 Å². The first-order valence-electron chi connectivity index (χ1n) is 6.95. The summed E-state index contributed by atoms with van der Waals surface area (Å²) >= 11 is 0. The van der Waals surface area contributed by atoms with Gasteiger partial charge in [0.2, 0.25) is 0 Å². The lowest BCUT2D eigenvalue weighted by atomic mass is 9.91. The number of nitrogens with zero attached hydrogens (tertiary/aromatic N) is 1. The summed E-state index contributed by atoms with van der Waals surface area (Å²) in [5.41, 5.74) is -0.673. The van der Waals surface area contributed by atoms with Crippen LogP contribution in [0.2, 0.25) is 0 Å². The van der Waals surface area contributed by atoms with Crippen molar-refractivity contribution < 1.29 is 19.0 Å². The van der Waals surface area contributed by atoms with E-state index >= 15 is 0 Å². The minimum absolute atomic E-state index is 0.0685. The Kier molecular flexibility index (Phi) is 3.80. The molecule has 2 heterocycles. The van der Waals surface area contributed by atoms with Gasteiger partial charge in [-0.2, -0.15) is 0 Å². The Morgan fingerprint density at radius 2 is 2.11 bits per heavy atom. The molecule has 0 aromatic heterocycles. The van der Waals surface area contributed by atoms with E-state index in [1.807, 2.05) is 27.7 Å². The average molecular weight is 271 g/mol. The number of ether oxygens (including phenoxy) is 3. The molecule has 0 saturated carbocycles. The Morgan fingerprint density at radius 1 is 1.42 bits per heavy atom. The lowest BCUT2D eigenvalue weighted by Crippen LogP contribution is -2.42. The number of amides is 1. The van der Waals surface area contributed by atoms with E-state index in [-0.39, 0.29) is 23.8 Å². The third-order valence-electron chi connectivity index (χ3n) is 4.01. The van der Waals surface area contributed by atoms with Gasteiger partial charge in [-0.25, -0.2) is 4.79 Å². The van der Waals surface area contributed by atoms with Crippen LogP contribution in [0.4, 0.5) is 4.79 Å².